The smallest absolute Gasteiger partial charge is 0.303 e. The molecule has 0 unspecified atom stereocenters. The Kier molecular flexibility index (Phi) is 2.54. The van der Waals surface area contributed by atoms with E-state index < -0.39 is 0 Å². The van der Waals surface area contributed by atoms with Crippen LogP contribution in [0.5, 0.6) is 0 Å². The van der Waals surface area contributed by atoms with Gasteiger partial charge in [0.05, 0.1) is 5.69 Å². The maximum Gasteiger partial charge on any atom is 0.303 e. The summed E-state index contributed by atoms with van der Waals surface area (Å²) < 4.78 is 4.70. The van der Waals surface area contributed by atoms with E-state index in [4.69, 9.17) is 4.74 Å². The molecule has 4 heteroatoms. The molecule has 1 aromatic rings. The lowest BCUT2D eigenvalue weighted by atomic mass is 10.4. The van der Waals surface area contributed by atoms with Crippen LogP contribution in [0.4, 0.5) is 0 Å². The molecule has 0 aliphatic heterocycles. The lowest BCUT2D eigenvalue weighted by Crippen LogP contribution is -2.00. The van der Waals surface area contributed by atoms with Gasteiger partial charge in [-0.05, 0) is 6.07 Å². The summed E-state index contributed by atoms with van der Waals surface area (Å²) in [5.74, 6) is -0.302. The van der Waals surface area contributed by atoms with Crippen LogP contribution in [0, 0.1) is 0 Å². The number of aromatic nitrogens is 2. The van der Waals surface area contributed by atoms with Crippen molar-refractivity contribution in [1.29, 1.82) is 0 Å². The van der Waals surface area contributed by atoms with Crippen molar-refractivity contribution in [3.63, 3.8) is 0 Å². The summed E-state index contributed by atoms with van der Waals surface area (Å²) >= 11 is 0. The minimum atomic E-state index is -0.302. The molecule has 4 nitrogen and oxygen atoms in total. The van der Waals surface area contributed by atoms with Crippen LogP contribution in [0.1, 0.15) is 12.6 Å². The molecule has 0 amide bonds. The largest absolute Gasteiger partial charge is 0.459 e. The van der Waals surface area contributed by atoms with Crippen molar-refractivity contribution >= 4 is 5.97 Å². The molecular formula is C7H8N2O2. The topological polar surface area (TPSA) is 52.1 Å². The first-order valence-corrected chi connectivity index (χ1v) is 3.17. The van der Waals surface area contributed by atoms with E-state index in [9.17, 15) is 4.79 Å². The highest BCUT2D eigenvalue weighted by atomic mass is 16.5. The third-order valence-corrected chi connectivity index (χ3v) is 1.07. The van der Waals surface area contributed by atoms with E-state index in [0.717, 1.165) is 0 Å². The van der Waals surface area contributed by atoms with Gasteiger partial charge < -0.3 is 4.74 Å². The summed E-state index contributed by atoms with van der Waals surface area (Å²) in [5, 5.41) is 0. The molecule has 0 saturated carbocycles. The Morgan fingerprint density at radius 3 is 3.09 bits per heavy atom. The summed E-state index contributed by atoms with van der Waals surface area (Å²) in [6.45, 7) is 1.58. The maximum atomic E-state index is 10.4. The fourth-order valence-corrected chi connectivity index (χ4v) is 0.579. The van der Waals surface area contributed by atoms with Crippen LogP contribution < -0.4 is 0 Å². The Morgan fingerprint density at radius 2 is 2.55 bits per heavy atom. The molecule has 1 aromatic heterocycles. The summed E-state index contributed by atoms with van der Waals surface area (Å²) in [6, 6.07) is 1.70. The predicted octanol–water partition coefficient (Wildman–Crippen LogP) is 0.540. The highest BCUT2D eigenvalue weighted by Crippen LogP contribution is 1.93. The molecule has 58 valence electrons. The van der Waals surface area contributed by atoms with Crippen molar-refractivity contribution in [2.45, 2.75) is 13.5 Å². The highest BCUT2D eigenvalue weighted by Gasteiger charge is 1.94. The number of rotatable bonds is 2. The van der Waals surface area contributed by atoms with Crippen molar-refractivity contribution in [2.24, 2.45) is 0 Å². The predicted molar refractivity (Wildman–Crippen MR) is 37.5 cm³/mol. The van der Waals surface area contributed by atoms with E-state index in [0.29, 0.717) is 5.69 Å². The van der Waals surface area contributed by atoms with Gasteiger partial charge in [-0.25, -0.2) is 9.97 Å². The third-order valence-electron chi connectivity index (χ3n) is 1.07. The second kappa shape index (κ2) is 3.65. The van der Waals surface area contributed by atoms with Crippen molar-refractivity contribution < 1.29 is 9.53 Å². The van der Waals surface area contributed by atoms with Gasteiger partial charge in [-0.3, -0.25) is 4.79 Å². The van der Waals surface area contributed by atoms with E-state index in [1.807, 2.05) is 0 Å². The van der Waals surface area contributed by atoms with Gasteiger partial charge in [-0.15, -0.1) is 0 Å². The van der Waals surface area contributed by atoms with E-state index in [2.05, 4.69) is 9.97 Å². The van der Waals surface area contributed by atoms with Crippen LogP contribution >= 0.6 is 0 Å². The first-order chi connectivity index (χ1) is 5.29. The van der Waals surface area contributed by atoms with Crippen LogP contribution in [0.15, 0.2) is 18.6 Å². The van der Waals surface area contributed by atoms with Crippen LogP contribution in [-0.4, -0.2) is 15.9 Å². The first-order valence-electron chi connectivity index (χ1n) is 3.17. The Hall–Kier alpha value is -1.45. The van der Waals surface area contributed by atoms with E-state index >= 15 is 0 Å². The number of carbonyl (C=O) groups excluding carboxylic acids is 1. The second-order valence-corrected chi connectivity index (χ2v) is 1.98. The summed E-state index contributed by atoms with van der Waals surface area (Å²) in [7, 11) is 0. The van der Waals surface area contributed by atoms with Crippen LogP contribution in [0.25, 0.3) is 0 Å². The van der Waals surface area contributed by atoms with E-state index in [-0.39, 0.29) is 12.6 Å². The molecule has 0 bridgehead atoms. The van der Waals surface area contributed by atoms with Crippen molar-refractivity contribution in [3.8, 4) is 0 Å². The Balaban J connectivity index is 2.45. The molecule has 0 N–H and O–H groups in total. The zero-order chi connectivity index (χ0) is 8.10. The van der Waals surface area contributed by atoms with Crippen LogP contribution in [0.2, 0.25) is 0 Å². The average Bonchev–Trinajstić information content (AvgIpc) is 2.03. The monoisotopic (exact) mass is 152 g/mol. The SMILES string of the molecule is CC(=O)OCc1ccncn1. The van der Waals surface area contributed by atoms with Crippen molar-refractivity contribution in [3.05, 3.63) is 24.3 Å². The van der Waals surface area contributed by atoms with E-state index in [1.54, 1.807) is 12.3 Å². The average molecular weight is 152 g/mol. The minimum Gasteiger partial charge on any atom is -0.459 e. The number of ether oxygens (including phenoxy) is 1. The lowest BCUT2D eigenvalue weighted by Gasteiger charge is -1.98. The Bertz CT molecular complexity index is 235. The minimum absolute atomic E-state index is 0.220. The number of hydrogen-bond acceptors (Lipinski definition) is 4. The summed E-state index contributed by atoms with van der Waals surface area (Å²) in [4.78, 5) is 17.9. The molecule has 0 atom stereocenters. The molecule has 11 heavy (non-hydrogen) atoms. The van der Waals surface area contributed by atoms with Gasteiger partial charge in [0.1, 0.15) is 12.9 Å². The first kappa shape index (κ1) is 7.65. The third kappa shape index (κ3) is 2.75. The molecule has 0 fully saturated rings. The molecule has 0 radical (unpaired) electrons. The summed E-state index contributed by atoms with van der Waals surface area (Å²) in [5.41, 5.74) is 0.704. The van der Waals surface area contributed by atoms with Crippen LogP contribution in [-0.2, 0) is 16.1 Å². The fraction of sp³-hybridized carbons (Fsp3) is 0.286. The van der Waals surface area contributed by atoms with Gasteiger partial charge in [-0.2, -0.15) is 0 Å². The highest BCUT2D eigenvalue weighted by molar-refractivity contribution is 5.65. The normalized spacial score (nSPS) is 9.18. The quantitative estimate of drug-likeness (QED) is 0.580. The Morgan fingerprint density at radius 1 is 1.73 bits per heavy atom. The fourth-order valence-electron chi connectivity index (χ4n) is 0.579. The summed E-state index contributed by atoms with van der Waals surface area (Å²) in [6.07, 6.45) is 3.02. The Labute approximate surface area is 64.2 Å². The molecule has 0 aromatic carbocycles. The molecular weight excluding hydrogens is 144 g/mol. The number of nitrogens with zero attached hydrogens (tertiary/aromatic N) is 2. The van der Waals surface area contributed by atoms with Gasteiger partial charge >= 0.3 is 5.97 Å². The zero-order valence-corrected chi connectivity index (χ0v) is 6.15. The molecule has 1 heterocycles. The van der Waals surface area contributed by atoms with E-state index in [1.165, 1.54) is 13.3 Å². The second-order valence-electron chi connectivity index (χ2n) is 1.98. The van der Waals surface area contributed by atoms with Crippen molar-refractivity contribution in [2.75, 3.05) is 0 Å². The molecule has 0 saturated heterocycles. The molecule has 1 rings (SSSR count). The molecule has 0 spiro atoms. The maximum absolute atomic E-state index is 10.4. The zero-order valence-electron chi connectivity index (χ0n) is 6.15. The van der Waals surface area contributed by atoms with Crippen molar-refractivity contribution in [1.82, 2.24) is 9.97 Å². The van der Waals surface area contributed by atoms with Gasteiger partial charge in [0.15, 0.2) is 0 Å². The molecule has 0 aliphatic carbocycles. The lowest BCUT2D eigenvalue weighted by molar-refractivity contribution is -0.142. The number of carbonyl (C=O) groups is 1. The standard InChI is InChI=1S/C7H8N2O2/c1-6(10)11-4-7-2-3-8-5-9-7/h2-3,5H,4H2,1H3. The van der Waals surface area contributed by atoms with Gasteiger partial charge in [0.25, 0.3) is 0 Å². The van der Waals surface area contributed by atoms with Gasteiger partial charge in [-0.1, -0.05) is 0 Å². The molecule has 0 aliphatic rings. The number of hydrogen-bond donors (Lipinski definition) is 0. The number of esters is 1. The van der Waals surface area contributed by atoms with Gasteiger partial charge in [0.2, 0.25) is 0 Å². The van der Waals surface area contributed by atoms with Gasteiger partial charge in [0, 0.05) is 13.1 Å². The van der Waals surface area contributed by atoms with Crippen LogP contribution in [0.3, 0.4) is 0 Å².